The van der Waals surface area contributed by atoms with Gasteiger partial charge in [-0.25, -0.2) is 0 Å². The van der Waals surface area contributed by atoms with Gasteiger partial charge in [0.25, 0.3) is 11.6 Å². The van der Waals surface area contributed by atoms with E-state index in [1.165, 1.54) is 18.2 Å². The van der Waals surface area contributed by atoms with Crippen molar-refractivity contribution in [3.05, 3.63) is 63.7 Å². The Balaban J connectivity index is 1.66. The minimum absolute atomic E-state index is 0.00611. The Morgan fingerprint density at radius 3 is 2.32 bits per heavy atom. The fraction of sp³-hybridized carbons (Fsp3) is 0.278. The summed E-state index contributed by atoms with van der Waals surface area (Å²) in [7, 11) is 0. The van der Waals surface area contributed by atoms with Crippen LogP contribution in [0, 0.1) is 17.0 Å². The quantitative estimate of drug-likeness (QED) is 0.685. The number of carbonyl (C=O) groups is 1. The van der Waals surface area contributed by atoms with E-state index < -0.39 is 4.92 Å². The molecule has 0 radical (unpaired) electrons. The van der Waals surface area contributed by atoms with Crippen LogP contribution in [0.25, 0.3) is 0 Å². The van der Waals surface area contributed by atoms with Gasteiger partial charge in [-0.1, -0.05) is 11.6 Å². The summed E-state index contributed by atoms with van der Waals surface area (Å²) in [4.78, 5) is 26.7. The zero-order valence-electron chi connectivity index (χ0n) is 13.9. The van der Waals surface area contributed by atoms with Gasteiger partial charge in [0.15, 0.2) is 0 Å². The third kappa shape index (κ3) is 3.55. The van der Waals surface area contributed by atoms with Crippen molar-refractivity contribution >= 4 is 17.3 Å². The average molecular weight is 341 g/mol. The molecule has 2 aromatic rings. The number of aromatic hydroxyl groups is 1. The van der Waals surface area contributed by atoms with Crippen LogP contribution in [0.4, 0.5) is 11.4 Å². The Bertz CT molecular complexity index is 796. The van der Waals surface area contributed by atoms with Crippen molar-refractivity contribution in [2.45, 2.75) is 6.92 Å². The number of amides is 1. The molecule has 1 N–H and O–H groups in total. The van der Waals surface area contributed by atoms with E-state index in [2.05, 4.69) is 4.90 Å². The fourth-order valence-corrected chi connectivity index (χ4v) is 2.94. The molecule has 0 spiro atoms. The number of hydrogen-bond acceptors (Lipinski definition) is 5. The largest absolute Gasteiger partial charge is 0.507 e. The molecule has 1 fully saturated rings. The summed E-state index contributed by atoms with van der Waals surface area (Å²) < 4.78 is 0. The molecule has 0 unspecified atom stereocenters. The van der Waals surface area contributed by atoms with Gasteiger partial charge in [-0.2, -0.15) is 0 Å². The van der Waals surface area contributed by atoms with Crippen LogP contribution in [0.5, 0.6) is 5.75 Å². The minimum atomic E-state index is -0.422. The molecule has 0 saturated carbocycles. The predicted octanol–water partition coefficient (Wildman–Crippen LogP) is 2.57. The van der Waals surface area contributed by atoms with Gasteiger partial charge >= 0.3 is 0 Å². The van der Waals surface area contributed by atoms with Gasteiger partial charge in [-0.3, -0.25) is 14.9 Å². The third-order valence-corrected chi connectivity index (χ3v) is 4.38. The number of rotatable bonds is 3. The highest BCUT2D eigenvalue weighted by molar-refractivity contribution is 5.97. The SMILES string of the molecule is Cc1ccc(O)c(C(=O)N2CCN(c3ccc([N+](=O)[O-])cc3)CC2)c1. The van der Waals surface area contributed by atoms with Crippen LogP contribution < -0.4 is 4.90 Å². The second kappa shape index (κ2) is 6.80. The van der Waals surface area contributed by atoms with Gasteiger partial charge in [0.2, 0.25) is 0 Å². The summed E-state index contributed by atoms with van der Waals surface area (Å²) in [6.07, 6.45) is 0. The van der Waals surface area contributed by atoms with E-state index in [0.29, 0.717) is 31.7 Å². The first-order chi connectivity index (χ1) is 12.0. The molecule has 25 heavy (non-hydrogen) atoms. The second-order valence-corrected chi connectivity index (χ2v) is 6.07. The van der Waals surface area contributed by atoms with Crippen LogP contribution >= 0.6 is 0 Å². The first kappa shape index (κ1) is 16.8. The van der Waals surface area contributed by atoms with Gasteiger partial charge < -0.3 is 14.9 Å². The van der Waals surface area contributed by atoms with Crippen LogP contribution in [-0.2, 0) is 0 Å². The third-order valence-electron chi connectivity index (χ3n) is 4.38. The van der Waals surface area contributed by atoms with Crippen LogP contribution in [-0.4, -0.2) is 47.0 Å². The number of nitro benzene ring substituents is 1. The summed E-state index contributed by atoms with van der Waals surface area (Å²) >= 11 is 0. The maximum atomic E-state index is 12.6. The van der Waals surface area contributed by atoms with E-state index in [0.717, 1.165) is 11.3 Å². The van der Waals surface area contributed by atoms with Crippen molar-refractivity contribution < 1.29 is 14.8 Å². The Labute approximate surface area is 145 Å². The lowest BCUT2D eigenvalue weighted by Crippen LogP contribution is -2.48. The van der Waals surface area contributed by atoms with Crippen molar-refractivity contribution in [3.8, 4) is 5.75 Å². The van der Waals surface area contributed by atoms with E-state index in [1.807, 2.05) is 6.92 Å². The normalized spacial score (nSPS) is 14.4. The van der Waals surface area contributed by atoms with Crippen molar-refractivity contribution in [2.24, 2.45) is 0 Å². The van der Waals surface area contributed by atoms with Crippen molar-refractivity contribution in [3.63, 3.8) is 0 Å². The lowest BCUT2D eigenvalue weighted by atomic mass is 10.1. The Kier molecular flexibility index (Phi) is 4.56. The summed E-state index contributed by atoms with van der Waals surface area (Å²) in [5, 5.41) is 20.6. The molecule has 2 aromatic carbocycles. The minimum Gasteiger partial charge on any atom is -0.507 e. The lowest BCUT2D eigenvalue weighted by molar-refractivity contribution is -0.384. The maximum absolute atomic E-state index is 12.6. The molecule has 3 rings (SSSR count). The molecule has 0 aromatic heterocycles. The average Bonchev–Trinajstić information content (AvgIpc) is 2.63. The number of nitrogens with zero attached hydrogens (tertiary/aromatic N) is 3. The first-order valence-electron chi connectivity index (χ1n) is 8.04. The highest BCUT2D eigenvalue weighted by Crippen LogP contribution is 2.23. The topological polar surface area (TPSA) is 86.9 Å². The molecule has 1 aliphatic rings. The first-order valence-corrected chi connectivity index (χ1v) is 8.04. The molecule has 1 amide bonds. The van der Waals surface area contributed by atoms with E-state index in [1.54, 1.807) is 29.2 Å². The lowest BCUT2D eigenvalue weighted by Gasteiger charge is -2.36. The number of piperazine rings is 1. The maximum Gasteiger partial charge on any atom is 0.269 e. The van der Waals surface area contributed by atoms with Crippen LogP contribution in [0.3, 0.4) is 0 Å². The number of anilines is 1. The zero-order valence-corrected chi connectivity index (χ0v) is 13.9. The Morgan fingerprint density at radius 2 is 1.72 bits per heavy atom. The van der Waals surface area contributed by atoms with Gasteiger partial charge in [0.05, 0.1) is 10.5 Å². The molecule has 0 aliphatic carbocycles. The summed E-state index contributed by atoms with van der Waals surface area (Å²) in [5.74, 6) is -0.182. The van der Waals surface area contributed by atoms with E-state index in [4.69, 9.17) is 0 Å². The molecular formula is C18H19N3O4. The number of nitro groups is 1. The number of phenols is 1. The number of non-ortho nitro benzene ring substituents is 1. The molecule has 1 heterocycles. The summed E-state index contributed by atoms with van der Waals surface area (Å²) in [5.41, 5.74) is 2.21. The number of benzene rings is 2. The summed E-state index contributed by atoms with van der Waals surface area (Å²) in [6.45, 7) is 4.21. The monoisotopic (exact) mass is 341 g/mol. The number of aryl methyl sites for hydroxylation is 1. The zero-order chi connectivity index (χ0) is 18.0. The molecular weight excluding hydrogens is 322 g/mol. The molecule has 7 heteroatoms. The highest BCUT2D eigenvalue weighted by Gasteiger charge is 2.24. The number of carbonyl (C=O) groups excluding carboxylic acids is 1. The smallest absolute Gasteiger partial charge is 0.269 e. The van der Waals surface area contributed by atoms with E-state index in [9.17, 15) is 20.0 Å². The predicted molar refractivity (Wildman–Crippen MR) is 94.1 cm³/mol. The van der Waals surface area contributed by atoms with Crippen LogP contribution in [0.2, 0.25) is 0 Å². The molecule has 0 atom stereocenters. The van der Waals surface area contributed by atoms with Gasteiger partial charge in [0.1, 0.15) is 5.75 Å². The molecule has 130 valence electrons. The Hall–Kier alpha value is -3.09. The van der Waals surface area contributed by atoms with E-state index in [-0.39, 0.29) is 17.3 Å². The highest BCUT2D eigenvalue weighted by atomic mass is 16.6. The van der Waals surface area contributed by atoms with Gasteiger partial charge in [-0.05, 0) is 31.2 Å². The molecule has 1 saturated heterocycles. The second-order valence-electron chi connectivity index (χ2n) is 6.07. The molecule has 1 aliphatic heterocycles. The van der Waals surface area contributed by atoms with Gasteiger partial charge in [0, 0.05) is 44.0 Å². The Morgan fingerprint density at radius 1 is 1.08 bits per heavy atom. The van der Waals surface area contributed by atoms with Crippen LogP contribution in [0.15, 0.2) is 42.5 Å². The van der Waals surface area contributed by atoms with Gasteiger partial charge in [-0.15, -0.1) is 0 Å². The fourth-order valence-electron chi connectivity index (χ4n) is 2.94. The molecule has 7 nitrogen and oxygen atoms in total. The number of phenolic OH excluding ortho intramolecular Hbond substituents is 1. The van der Waals surface area contributed by atoms with Crippen LogP contribution in [0.1, 0.15) is 15.9 Å². The summed E-state index contributed by atoms with van der Waals surface area (Å²) in [6, 6.07) is 11.4. The van der Waals surface area contributed by atoms with Crippen molar-refractivity contribution in [2.75, 3.05) is 31.1 Å². The molecule has 0 bridgehead atoms. The van der Waals surface area contributed by atoms with Crippen molar-refractivity contribution in [1.29, 1.82) is 0 Å². The standard InChI is InChI=1S/C18H19N3O4/c1-13-2-7-17(22)16(12-13)18(23)20-10-8-19(9-11-20)14-3-5-15(6-4-14)21(24)25/h2-7,12,22H,8-11H2,1H3. The van der Waals surface area contributed by atoms with Crippen molar-refractivity contribution in [1.82, 2.24) is 4.90 Å². The number of hydrogen-bond donors (Lipinski definition) is 1. The van der Waals surface area contributed by atoms with E-state index >= 15 is 0 Å².